The maximum Gasteiger partial charge on any atom is 0.225 e. The van der Waals surface area contributed by atoms with E-state index in [2.05, 4.69) is 5.32 Å². The van der Waals surface area contributed by atoms with Gasteiger partial charge in [0.25, 0.3) is 0 Å². The van der Waals surface area contributed by atoms with Crippen LogP contribution >= 0.6 is 11.6 Å². The van der Waals surface area contributed by atoms with E-state index in [1.165, 1.54) is 11.4 Å². The first kappa shape index (κ1) is 20.7. The van der Waals surface area contributed by atoms with Crippen LogP contribution in [-0.2, 0) is 14.8 Å². The van der Waals surface area contributed by atoms with Crippen LogP contribution in [0.25, 0.3) is 0 Å². The molecule has 1 rings (SSSR count). The molecule has 0 saturated carbocycles. The van der Waals surface area contributed by atoms with Gasteiger partial charge < -0.3 is 15.0 Å². The lowest BCUT2D eigenvalue weighted by Gasteiger charge is -2.21. The fourth-order valence-electron chi connectivity index (χ4n) is 1.97. The zero-order valence-corrected chi connectivity index (χ0v) is 15.9. The van der Waals surface area contributed by atoms with Gasteiger partial charge in [0.05, 0.1) is 19.1 Å². The molecule has 7 nitrogen and oxygen atoms in total. The van der Waals surface area contributed by atoms with E-state index in [9.17, 15) is 13.2 Å². The molecule has 0 spiro atoms. The molecular formula is C15H24ClN3O4S. The molecule has 1 aromatic carbocycles. The van der Waals surface area contributed by atoms with Crippen molar-refractivity contribution in [1.29, 1.82) is 0 Å². The molecular weight excluding hydrogens is 354 g/mol. The first-order valence-electron chi connectivity index (χ1n) is 7.36. The molecule has 0 atom stereocenters. The number of hydrogen-bond donors (Lipinski definition) is 1. The van der Waals surface area contributed by atoms with E-state index in [-0.39, 0.29) is 18.9 Å². The van der Waals surface area contributed by atoms with Crippen LogP contribution in [0, 0.1) is 0 Å². The van der Waals surface area contributed by atoms with Gasteiger partial charge in [-0.3, -0.25) is 4.79 Å². The summed E-state index contributed by atoms with van der Waals surface area (Å²) in [5, 5.41) is 3.16. The molecule has 1 N–H and O–H groups in total. The molecule has 0 heterocycles. The van der Waals surface area contributed by atoms with Gasteiger partial charge in [-0.1, -0.05) is 11.6 Å². The van der Waals surface area contributed by atoms with Gasteiger partial charge in [0.1, 0.15) is 5.75 Å². The van der Waals surface area contributed by atoms with Crippen molar-refractivity contribution < 1.29 is 17.9 Å². The maximum atomic E-state index is 12.1. The molecule has 136 valence electrons. The Morgan fingerprint density at radius 2 is 1.92 bits per heavy atom. The van der Waals surface area contributed by atoms with E-state index < -0.39 is 10.0 Å². The number of rotatable bonds is 9. The predicted octanol–water partition coefficient (Wildman–Crippen LogP) is 1.50. The normalized spacial score (nSPS) is 11.8. The summed E-state index contributed by atoms with van der Waals surface area (Å²) in [6.45, 7) is 1.03. The number of carbonyl (C=O) groups excluding carboxylic acids is 1. The van der Waals surface area contributed by atoms with Crippen LogP contribution in [0.4, 0.5) is 5.69 Å². The number of sulfonamides is 1. The van der Waals surface area contributed by atoms with Crippen LogP contribution in [0.1, 0.15) is 6.42 Å². The highest BCUT2D eigenvalue weighted by Crippen LogP contribution is 2.27. The summed E-state index contributed by atoms with van der Waals surface area (Å²) in [4.78, 5) is 14.0. The summed E-state index contributed by atoms with van der Waals surface area (Å²) in [5.74, 6) is 0.175. The lowest BCUT2D eigenvalue weighted by Crippen LogP contribution is -2.37. The van der Waals surface area contributed by atoms with Crippen LogP contribution in [0.15, 0.2) is 18.2 Å². The van der Waals surface area contributed by atoms with Gasteiger partial charge in [0.2, 0.25) is 15.9 Å². The van der Waals surface area contributed by atoms with E-state index in [0.717, 1.165) is 6.26 Å². The zero-order chi connectivity index (χ0) is 18.3. The average Bonchev–Trinajstić information content (AvgIpc) is 2.45. The highest BCUT2D eigenvalue weighted by Gasteiger charge is 2.18. The lowest BCUT2D eigenvalue weighted by atomic mass is 10.2. The number of nitrogens with one attached hydrogen (secondary N) is 1. The van der Waals surface area contributed by atoms with Gasteiger partial charge in [-0.25, -0.2) is 12.7 Å². The van der Waals surface area contributed by atoms with Gasteiger partial charge in [-0.15, -0.1) is 0 Å². The third-order valence-corrected chi connectivity index (χ3v) is 4.83. The molecule has 1 amide bonds. The van der Waals surface area contributed by atoms with Gasteiger partial charge >= 0.3 is 0 Å². The molecule has 24 heavy (non-hydrogen) atoms. The highest BCUT2D eigenvalue weighted by atomic mass is 35.5. The van der Waals surface area contributed by atoms with E-state index in [0.29, 0.717) is 29.5 Å². The Morgan fingerprint density at radius 1 is 1.25 bits per heavy atom. The first-order valence-corrected chi connectivity index (χ1v) is 9.59. The molecule has 0 aliphatic rings. The van der Waals surface area contributed by atoms with Crippen LogP contribution in [0.5, 0.6) is 5.75 Å². The van der Waals surface area contributed by atoms with Crippen molar-refractivity contribution in [3.8, 4) is 5.75 Å². The minimum Gasteiger partial charge on any atom is -0.495 e. The Labute approximate surface area is 148 Å². The molecule has 0 aliphatic heterocycles. The number of amides is 1. The summed E-state index contributed by atoms with van der Waals surface area (Å²) in [6.07, 6.45) is 1.18. The standard InChI is InChI=1S/C15H24ClN3O4S/c1-18(2)9-10-19(24(4,21)22)8-7-15(20)17-13-11-12(16)5-6-14(13)23-3/h5-6,11H,7-10H2,1-4H3,(H,17,20). The monoisotopic (exact) mass is 377 g/mol. The van der Waals surface area contributed by atoms with Crippen molar-refractivity contribution in [3.63, 3.8) is 0 Å². The zero-order valence-electron chi connectivity index (χ0n) is 14.4. The number of halogens is 1. The second-order valence-corrected chi connectivity index (χ2v) is 8.03. The average molecular weight is 378 g/mol. The van der Waals surface area contributed by atoms with Crippen LogP contribution in [0.3, 0.4) is 0 Å². The van der Waals surface area contributed by atoms with Gasteiger partial charge in [-0.05, 0) is 32.3 Å². The van der Waals surface area contributed by atoms with Crippen molar-refractivity contribution in [2.75, 3.05) is 52.4 Å². The number of methoxy groups -OCH3 is 1. The number of anilines is 1. The number of ether oxygens (including phenoxy) is 1. The second kappa shape index (κ2) is 9.22. The molecule has 0 unspecified atom stereocenters. The third kappa shape index (κ3) is 7.04. The Morgan fingerprint density at radius 3 is 2.46 bits per heavy atom. The van der Waals surface area contributed by atoms with Crippen LogP contribution in [0.2, 0.25) is 5.02 Å². The van der Waals surface area contributed by atoms with Crippen LogP contribution < -0.4 is 10.1 Å². The molecule has 0 saturated heterocycles. The summed E-state index contributed by atoms with van der Waals surface area (Å²) in [5.41, 5.74) is 0.453. The summed E-state index contributed by atoms with van der Waals surface area (Å²) < 4.78 is 30.1. The van der Waals surface area contributed by atoms with Crippen molar-refractivity contribution in [1.82, 2.24) is 9.21 Å². The maximum absolute atomic E-state index is 12.1. The molecule has 0 fully saturated rings. The van der Waals surface area contributed by atoms with Gasteiger partial charge in [0, 0.05) is 31.1 Å². The first-order chi connectivity index (χ1) is 11.1. The fourth-order valence-corrected chi connectivity index (χ4v) is 2.98. The number of carbonyl (C=O) groups is 1. The van der Waals surface area contributed by atoms with Crippen molar-refractivity contribution in [2.45, 2.75) is 6.42 Å². The summed E-state index contributed by atoms with van der Waals surface area (Å²) >= 11 is 5.92. The number of nitrogens with zero attached hydrogens (tertiary/aromatic N) is 2. The Balaban J connectivity index is 2.68. The smallest absolute Gasteiger partial charge is 0.225 e. The molecule has 9 heteroatoms. The van der Waals surface area contributed by atoms with E-state index >= 15 is 0 Å². The Hall–Kier alpha value is -1.35. The minimum absolute atomic E-state index is 0.0379. The largest absolute Gasteiger partial charge is 0.495 e. The third-order valence-electron chi connectivity index (χ3n) is 3.29. The second-order valence-electron chi connectivity index (χ2n) is 5.61. The quantitative estimate of drug-likeness (QED) is 0.705. The Kier molecular flexibility index (Phi) is 7.95. The lowest BCUT2D eigenvalue weighted by molar-refractivity contribution is -0.116. The van der Waals surface area contributed by atoms with E-state index in [1.807, 2.05) is 19.0 Å². The van der Waals surface area contributed by atoms with Crippen molar-refractivity contribution >= 4 is 33.2 Å². The van der Waals surface area contributed by atoms with Crippen LogP contribution in [-0.4, -0.2) is 70.6 Å². The van der Waals surface area contributed by atoms with Gasteiger partial charge in [0.15, 0.2) is 0 Å². The van der Waals surface area contributed by atoms with E-state index in [4.69, 9.17) is 16.3 Å². The summed E-state index contributed by atoms with van der Waals surface area (Å²) in [7, 11) is 1.84. The van der Waals surface area contributed by atoms with Crippen molar-refractivity contribution in [3.05, 3.63) is 23.2 Å². The molecule has 1 aromatic rings. The topological polar surface area (TPSA) is 79.0 Å². The molecule has 0 radical (unpaired) electrons. The van der Waals surface area contributed by atoms with Gasteiger partial charge in [-0.2, -0.15) is 0 Å². The molecule has 0 aromatic heterocycles. The molecule has 0 bridgehead atoms. The number of benzene rings is 1. The number of likely N-dealkylation sites (N-methyl/N-ethyl adjacent to an activating group) is 1. The van der Waals surface area contributed by atoms with Crippen molar-refractivity contribution in [2.24, 2.45) is 0 Å². The van der Waals surface area contributed by atoms with E-state index in [1.54, 1.807) is 18.2 Å². The minimum atomic E-state index is -3.37. The summed E-state index contributed by atoms with van der Waals surface area (Å²) in [6, 6.07) is 4.89. The predicted molar refractivity (Wildman–Crippen MR) is 96.2 cm³/mol. The highest BCUT2D eigenvalue weighted by molar-refractivity contribution is 7.88. The number of hydrogen-bond acceptors (Lipinski definition) is 5. The fraction of sp³-hybridized carbons (Fsp3) is 0.533. The SMILES string of the molecule is COc1ccc(Cl)cc1NC(=O)CCN(CCN(C)C)S(C)(=O)=O. The molecule has 0 aliphatic carbocycles. The Bertz CT molecular complexity index is 665.